The number of hydrogen-bond acceptors (Lipinski definition) is 9. The number of likely N-dealkylation sites (tertiary alicyclic amines) is 2. The number of benzene rings is 4. The van der Waals surface area contributed by atoms with E-state index in [1.54, 1.807) is 47.6 Å². The molecule has 1 aliphatic carbocycles. The maximum Gasteiger partial charge on any atom is 0.410 e. The van der Waals surface area contributed by atoms with E-state index < -0.39 is 35.5 Å². The third-order valence-electron chi connectivity index (χ3n) is 11.3. The van der Waals surface area contributed by atoms with Crippen LogP contribution in [0.3, 0.4) is 0 Å². The van der Waals surface area contributed by atoms with E-state index >= 15 is 0 Å². The second-order valence-corrected chi connectivity index (χ2v) is 18.3. The molecule has 2 aliphatic heterocycles. The van der Waals surface area contributed by atoms with E-state index in [9.17, 15) is 19.2 Å². The van der Waals surface area contributed by atoms with E-state index in [-0.39, 0.29) is 29.6 Å². The molecule has 4 unspecified atom stereocenters. The van der Waals surface area contributed by atoms with Crippen molar-refractivity contribution < 1.29 is 33.4 Å². The van der Waals surface area contributed by atoms with E-state index in [1.165, 1.54) is 9.80 Å². The molecule has 3 fully saturated rings. The Balaban J connectivity index is 1.12. The van der Waals surface area contributed by atoms with Crippen molar-refractivity contribution in [3.8, 4) is 5.75 Å². The van der Waals surface area contributed by atoms with Crippen LogP contribution in [0.2, 0.25) is 0 Å². The van der Waals surface area contributed by atoms with Gasteiger partial charge in [0.05, 0.1) is 22.7 Å². The first-order valence-electron chi connectivity index (χ1n) is 21.1. The Morgan fingerprint density at radius 1 is 0.607 bits per heavy atom. The number of nitrogens with one attached hydrogen (secondary N) is 2. The van der Waals surface area contributed by atoms with Crippen LogP contribution in [0.1, 0.15) is 107 Å². The van der Waals surface area contributed by atoms with E-state index in [0.29, 0.717) is 68.1 Å². The molecule has 4 aromatic rings. The summed E-state index contributed by atoms with van der Waals surface area (Å²) in [5.74, 6) is 0.127. The lowest BCUT2D eigenvalue weighted by Gasteiger charge is -2.28. The molecule has 2 saturated heterocycles. The van der Waals surface area contributed by atoms with Gasteiger partial charge in [0, 0.05) is 13.1 Å². The van der Waals surface area contributed by atoms with Gasteiger partial charge in [-0.05, 0) is 144 Å². The van der Waals surface area contributed by atoms with Gasteiger partial charge < -0.3 is 36.3 Å². The fourth-order valence-electron chi connectivity index (χ4n) is 8.46. The molecule has 13 nitrogen and oxygen atoms in total. The first kappa shape index (κ1) is 42.9. The molecule has 4 amide bonds. The number of nitrogens with zero attached hydrogens (tertiary/aromatic N) is 2. The van der Waals surface area contributed by atoms with E-state index in [1.807, 2.05) is 72.8 Å². The first-order chi connectivity index (χ1) is 29.0. The standard InChI is InChI=1S/C48H58N6O7/c1-47(2,3)60-45(57)53-24-10-14-38(53)43(55)51-36-23-19-31(26-35(36)50)41-40(30-16-20-33(21-17-30)59-28-29-12-8-7-9-13-29)42(41)32-18-22-34(49)37(27-32)52-44(56)39-15-11-25-54(39)46(58)61-48(4,5)6/h7-9,12-13,16-23,26-27,38-42H,10-11,14-15,24-25,28,49-50H2,1-6H3,(H,51,55)(H,52,56)/t38?,39-,40?,41?,42?/m0/s1. The quantitative estimate of drug-likeness (QED) is 0.114. The average Bonchev–Trinajstić information content (AvgIpc) is 3.49. The monoisotopic (exact) mass is 830 g/mol. The Hall–Kier alpha value is -6.24. The maximum absolute atomic E-state index is 13.7. The molecule has 4 aromatic carbocycles. The van der Waals surface area contributed by atoms with Crippen molar-refractivity contribution in [3.05, 3.63) is 113 Å². The Morgan fingerprint density at radius 2 is 1.10 bits per heavy atom. The van der Waals surface area contributed by atoms with Crippen molar-refractivity contribution in [3.63, 3.8) is 0 Å². The highest BCUT2D eigenvalue weighted by molar-refractivity contribution is 6.00. The van der Waals surface area contributed by atoms with Crippen molar-refractivity contribution >= 4 is 46.8 Å². The molecule has 7 rings (SSSR count). The molecule has 322 valence electrons. The van der Waals surface area contributed by atoms with Gasteiger partial charge in [-0.15, -0.1) is 0 Å². The molecule has 0 aromatic heterocycles. The molecule has 2 heterocycles. The molecule has 3 aliphatic rings. The first-order valence-corrected chi connectivity index (χ1v) is 21.1. The largest absolute Gasteiger partial charge is 0.489 e. The third-order valence-corrected chi connectivity index (χ3v) is 11.3. The van der Waals surface area contributed by atoms with Gasteiger partial charge in [-0.2, -0.15) is 0 Å². The normalized spacial score (nSPS) is 21.1. The van der Waals surface area contributed by atoms with Crippen molar-refractivity contribution in [2.24, 2.45) is 0 Å². The second-order valence-electron chi connectivity index (χ2n) is 18.3. The highest BCUT2D eigenvalue weighted by Crippen LogP contribution is 2.66. The number of carbonyl (C=O) groups is 4. The zero-order chi connectivity index (χ0) is 43.6. The Kier molecular flexibility index (Phi) is 12.2. The SMILES string of the molecule is CC(C)(C)OC(=O)N1CCCC1C(=O)Nc1ccc(C2C(c3ccc(OCc4ccccc4)cc3)C2c2ccc(N)c(NC(=O)[C@@H]3CCCN3C(=O)OC(C)(C)C)c2)cc1N. The van der Waals surface area contributed by atoms with Gasteiger partial charge in [0.15, 0.2) is 0 Å². The minimum Gasteiger partial charge on any atom is -0.489 e. The number of carbonyl (C=O) groups excluding carboxylic acids is 4. The van der Waals surface area contributed by atoms with Crippen molar-refractivity contribution in [2.45, 2.75) is 115 Å². The highest BCUT2D eigenvalue weighted by atomic mass is 16.6. The third kappa shape index (κ3) is 10.2. The van der Waals surface area contributed by atoms with Gasteiger partial charge in [-0.25, -0.2) is 9.59 Å². The van der Waals surface area contributed by atoms with Crippen LogP contribution in [-0.2, 0) is 25.7 Å². The smallest absolute Gasteiger partial charge is 0.410 e. The Labute approximate surface area is 358 Å². The number of amides is 4. The minimum absolute atomic E-state index is 0.00898. The van der Waals surface area contributed by atoms with E-state index in [0.717, 1.165) is 28.0 Å². The lowest BCUT2D eigenvalue weighted by atomic mass is 10.0. The maximum atomic E-state index is 13.7. The molecule has 61 heavy (non-hydrogen) atoms. The summed E-state index contributed by atoms with van der Waals surface area (Å²) in [6.45, 7) is 12.1. The fraction of sp³-hybridized carbons (Fsp3) is 0.417. The van der Waals surface area contributed by atoms with Gasteiger partial charge in [0.2, 0.25) is 11.8 Å². The molecular formula is C48H58N6O7. The average molecular weight is 831 g/mol. The van der Waals surface area contributed by atoms with Gasteiger partial charge in [-0.3, -0.25) is 19.4 Å². The summed E-state index contributed by atoms with van der Waals surface area (Å²) >= 11 is 0. The van der Waals surface area contributed by atoms with Gasteiger partial charge in [-0.1, -0.05) is 54.6 Å². The summed E-state index contributed by atoms with van der Waals surface area (Å²) in [5.41, 5.74) is 17.6. The van der Waals surface area contributed by atoms with Gasteiger partial charge >= 0.3 is 12.2 Å². The number of ether oxygens (including phenoxy) is 3. The van der Waals surface area contributed by atoms with Crippen LogP contribution >= 0.6 is 0 Å². The minimum atomic E-state index is -0.689. The molecule has 0 radical (unpaired) electrons. The fourth-order valence-corrected chi connectivity index (χ4v) is 8.46. The van der Waals surface area contributed by atoms with Crippen molar-refractivity contribution in [2.75, 3.05) is 35.2 Å². The molecule has 6 N–H and O–H groups in total. The summed E-state index contributed by atoms with van der Waals surface area (Å²) in [7, 11) is 0. The van der Waals surface area contributed by atoms with Gasteiger partial charge in [0.1, 0.15) is 35.6 Å². The van der Waals surface area contributed by atoms with Crippen LogP contribution in [0.15, 0.2) is 91.0 Å². The molecule has 0 spiro atoms. The zero-order valence-electron chi connectivity index (χ0n) is 35.9. The number of anilines is 4. The molecular weight excluding hydrogens is 773 g/mol. The highest BCUT2D eigenvalue weighted by Gasteiger charge is 2.53. The number of rotatable bonds is 10. The molecule has 13 heteroatoms. The number of nitrogens with two attached hydrogens (primary N) is 2. The van der Waals surface area contributed by atoms with Crippen molar-refractivity contribution in [1.29, 1.82) is 0 Å². The summed E-state index contributed by atoms with van der Waals surface area (Å²) in [6.07, 6.45) is 1.39. The molecule has 0 bridgehead atoms. The van der Waals surface area contributed by atoms with Crippen LogP contribution < -0.4 is 26.8 Å². The summed E-state index contributed by atoms with van der Waals surface area (Å²) < 4.78 is 17.3. The van der Waals surface area contributed by atoms with Crippen LogP contribution in [0.4, 0.5) is 32.3 Å². The predicted molar refractivity (Wildman–Crippen MR) is 236 cm³/mol. The molecule has 5 atom stereocenters. The van der Waals surface area contributed by atoms with Crippen molar-refractivity contribution in [1.82, 2.24) is 9.80 Å². The van der Waals surface area contributed by atoms with Crippen LogP contribution in [0, 0.1) is 0 Å². The van der Waals surface area contributed by atoms with E-state index in [4.69, 9.17) is 25.7 Å². The topological polar surface area (TPSA) is 179 Å². The number of hydrogen-bond donors (Lipinski definition) is 4. The summed E-state index contributed by atoms with van der Waals surface area (Å²) in [4.78, 5) is 56.1. The van der Waals surface area contributed by atoms with Gasteiger partial charge in [0.25, 0.3) is 0 Å². The molecule has 1 saturated carbocycles. The van der Waals surface area contributed by atoms with Crippen LogP contribution in [0.25, 0.3) is 0 Å². The lowest BCUT2D eigenvalue weighted by Crippen LogP contribution is -2.45. The zero-order valence-corrected chi connectivity index (χ0v) is 35.9. The Morgan fingerprint density at radius 3 is 1.64 bits per heavy atom. The predicted octanol–water partition coefficient (Wildman–Crippen LogP) is 8.77. The summed E-state index contributed by atoms with van der Waals surface area (Å²) in [5, 5.41) is 5.99. The van der Waals surface area contributed by atoms with E-state index in [2.05, 4.69) is 22.8 Å². The van der Waals surface area contributed by atoms with Crippen LogP contribution in [0.5, 0.6) is 5.75 Å². The number of nitrogen functional groups attached to an aromatic ring is 2. The van der Waals surface area contributed by atoms with Crippen LogP contribution in [-0.4, -0.2) is 70.2 Å². The second kappa shape index (κ2) is 17.4. The lowest BCUT2D eigenvalue weighted by molar-refractivity contribution is -0.121. The summed E-state index contributed by atoms with van der Waals surface area (Å²) in [6, 6.07) is 28.2. The Bertz CT molecular complexity index is 2250.